The van der Waals surface area contributed by atoms with Crippen molar-refractivity contribution in [3.05, 3.63) is 76.2 Å². The number of imide groups is 1. The third-order valence-corrected chi connectivity index (χ3v) is 5.80. The summed E-state index contributed by atoms with van der Waals surface area (Å²) in [7, 11) is 0. The lowest BCUT2D eigenvalue weighted by Crippen LogP contribution is -2.37. The Labute approximate surface area is 185 Å². The van der Waals surface area contributed by atoms with Gasteiger partial charge in [0.1, 0.15) is 0 Å². The molecule has 160 valence electrons. The van der Waals surface area contributed by atoms with E-state index in [9.17, 15) is 19.2 Å². The first-order valence-electron chi connectivity index (χ1n) is 10.2. The van der Waals surface area contributed by atoms with Gasteiger partial charge in [-0.05, 0) is 35.4 Å². The standard InChI is InChI=1S/C24H24N2O4S/c1-2-17-8-10-19(11-9-17)20(27)12-13-22(28)25-14-15-26-23(29)21(31-24(26)30)16-18-6-4-3-5-7-18/h3-11,16H,2,12-15H2,1H3,(H,25,28)/b21-16+. The van der Waals surface area contributed by atoms with Gasteiger partial charge in [-0.25, -0.2) is 0 Å². The topological polar surface area (TPSA) is 83.6 Å². The molecule has 1 heterocycles. The van der Waals surface area contributed by atoms with Gasteiger partial charge in [-0.2, -0.15) is 0 Å². The molecule has 1 N–H and O–H groups in total. The normalized spacial score (nSPS) is 14.9. The highest BCUT2D eigenvalue weighted by molar-refractivity contribution is 8.18. The van der Waals surface area contributed by atoms with Crippen LogP contribution in [0.25, 0.3) is 6.08 Å². The Kier molecular flexibility index (Phi) is 7.78. The van der Waals surface area contributed by atoms with E-state index in [0.717, 1.165) is 34.2 Å². The van der Waals surface area contributed by atoms with E-state index in [2.05, 4.69) is 5.32 Å². The molecule has 0 aromatic heterocycles. The molecular formula is C24H24N2O4S. The van der Waals surface area contributed by atoms with Crippen LogP contribution in [-0.2, 0) is 16.0 Å². The van der Waals surface area contributed by atoms with E-state index in [0.29, 0.717) is 10.5 Å². The van der Waals surface area contributed by atoms with Crippen molar-refractivity contribution in [3.8, 4) is 0 Å². The van der Waals surface area contributed by atoms with Gasteiger partial charge in [-0.1, -0.05) is 61.5 Å². The average molecular weight is 437 g/mol. The summed E-state index contributed by atoms with van der Waals surface area (Å²) in [4.78, 5) is 50.4. The third-order valence-electron chi connectivity index (χ3n) is 4.89. The van der Waals surface area contributed by atoms with Crippen LogP contribution in [0.5, 0.6) is 0 Å². The SMILES string of the molecule is CCc1ccc(C(=O)CCC(=O)NCCN2C(=O)S/C(=C/c3ccccc3)C2=O)cc1. The maximum Gasteiger partial charge on any atom is 0.293 e. The van der Waals surface area contributed by atoms with E-state index in [1.807, 2.05) is 49.4 Å². The average Bonchev–Trinajstić information content (AvgIpc) is 3.05. The minimum Gasteiger partial charge on any atom is -0.354 e. The molecule has 0 spiro atoms. The van der Waals surface area contributed by atoms with E-state index >= 15 is 0 Å². The first-order chi connectivity index (χ1) is 15.0. The molecular weight excluding hydrogens is 412 g/mol. The van der Waals surface area contributed by atoms with Gasteiger partial charge in [-0.3, -0.25) is 24.1 Å². The van der Waals surface area contributed by atoms with Crippen molar-refractivity contribution in [3.63, 3.8) is 0 Å². The van der Waals surface area contributed by atoms with Crippen molar-refractivity contribution in [1.82, 2.24) is 10.2 Å². The maximum atomic E-state index is 12.5. The number of nitrogens with one attached hydrogen (secondary N) is 1. The second-order valence-electron chi connectivity index (χ2n) is 7.07. The highest BCUT2D eigenvalue weighted by Crippen LogP contribution is 2.31. The van der Waals surface area contributed by atoms with Crippen LogP contribution in [0, 0.1) is 0 Å². The molecule has 31 heavy (non-hydrogen) atoms. The van der Waals surface area contributed by atoms with Crippen LogP contribution in [0.3, 0.4) is 0 Å². The van der Waals surface area contributed by atoms with Gasteiger partial charge < -0.3 is 5.32 Å². The van der Waals surface area contributed by atoms with Gasteiger partial charge in [0.25, 0.3) is 11.1 Å². The fourth-order valence-corrected chi connectivity index (χ4v) is 3.95. The number of carbonyl (C=O) groups is 4. The summed E-state index contributed by atoms with van der Waals surface area (Å²) in [6, 6.07) is 16.7. The van der Waals surface area contributed by atoms with Gasteiger partial charge in [0, 0.05) is 31.5 Å². The number of hydrogen-bond acceptors (Lipinski definition) is 5. The summed E-state index contributed by atoms with van der Waals surface area (Å²) in [5, 5.41) is 2.32. The number of hydrogen-bond donors (Lipinski definition) is 1. The number of Topliss-reactive ketones (excluding diaryl/α,β-unsaturated/α-hetero) is 1. The van der Waals surface area contributed by atoms with E-state index in [1.165, 1.54) is 0 Å². The molecule has 3 amide bonds. The van der Waals surface area contributed by atoms with Crippen molar-refractivity contribution in [2.45, 2.75) is 26.2 Å². The molecule has 2 aromatic rings. The predicted molar refractivity (Wildman–Crippen MR) is 122 cm³/mol. The van der Waals surface area contributed by atoms with Crippen molar-refractivity contribution in [2.24, 2.45) is 0 Å². The molecule has 1 aliphatic heterocycles. The fourth-order valence-electron chi connectivity index (χ4n) is 3.09. The molecule has 3 rings (SSSR count). The lowest BCUT2D eigenvalue weighted by molar-refractivity contribution is -0.124. The molecule has 2 aromatic carbocycles. The predicted octanol–water partition coefficient (Wildman–Crippen LogP) is 4.06. The van der Waals surface area contributed by atoms with Crippen LogP contribution in [0.2, 0.25) is 0 Å². The minimum atomic E-state index is -0.362. The third kappa shape index (κ3) is 6.15. The van der Waals surface area contributed by atoms with Crippen LogP contribution in [0.4, 0.5) is 4.79 Å². The van der Waals surface area contributed by atoms with Gasteiger partial charge in [0.2, 0.25) is 5.91 Å². The number of thioether (sulfide) groups is 1. The van der Waals surface area contributed by atoms with Crippen LogP contribution < -0.4 is 5.32 Å². The molecule has 7 heteroatoms. The summed E-state index contributed by atoms with van der Waals surface area (Å²) < 4.78 is 0. The molecule has 6 nitrogen and oxygen atoms in total. The molecule has 0 radical (unpaired) electrons. The van der Waals surface area contributed by atoms with Crippen LogP contribution in [0.15, 0.2) is 59.5 Å². The zero-order valence-electron chi connectivity index (χ0n) is 17.3. The molecule has 0 atom stereocenters. The Morgan fingerprint density at radius 3 is 2.39 bits per heavy atom. The number of carbonyl (C=O) groups excluding carboxylic acids is 4. The Morgan fingerprint density at radius 1 is 1.00 bits per heavy atom. The number of ketones is 1. The summed E-state index contributed by atoms with van der Waals surface area (Å²) in [5.74, 6) is -0.737. The molecule has 1 saturated heterocycles. The molecule has 0 unspecified atom stereocenters. The van der Waals surface area contributed by atoms with Gasteiger partial charge in [-0.15, -0.1) is 0 Å². The molecule has 0 saturated carbocycles. The lowest BCUT2D eigenvalue weighted by atomic mass is 10.0. The Morgan fingerprint density at radius 2 is 1.71 bits per heavy atom. The number of nitrogens with zero attached hydrogens (tertiary/aromatic N) is 1. The second-order valence-corrected chi connectivity index (χ2v) is 8.06. The van der Waals surface area contributed by atoms with Crippen molar-refractivity contribution >= 4 is 40.7 Å². The van der Waals surface area contributed by atoms with Crippen molar-refractivity contribution in [2.75, 3.05) is 13.1 Å². The number of aryl methyl sites for hydroxylation is 1. The van der Waals surface area contributed by atoms with E-state index in [-0.39, 0.29) is 48.8 Å². The second kappa shape index (κ2) is 10.7. The van der Waals surface area contributed by atoms with Crippen molar-refractivity contribution in [1.29, 1.82) is 0 Å². The maximum absolute atomic E-state index is 12.5. The van der Waals surface area contributed by atoms with Crippen LogP contribution >= 0.6 is 11.8 Å². The molecule has 0 bridgehead atoms. The Hall–Kier alpha value is -3.19. The Balaban J connectivity index is 1.43. The van der Waals surface area contributed by atoms with Crippen LogP contribution in [-0.4, -0.2) is 40.8 Å². The smallest absolute Gasteiger partial charge is 0.293 e. The first-order valence-corrected chi connectivity index (χ1v) is 11.0. The summed E-state index contributed by atoms with van der Waals surface area (Å²) in [6.45, 7) is 2.29. The first kappa shape index (κ1) is 22.5. The fraction of sp³-hybridized carbons (Fsp3) is 0.250. The van der Waals surface area contributed by atoms with Gasteiger partial charge >= 0.3 is 0 Å². The van der Waals surface area contributed by atoms with E-state index in [4.69, 9.17) is 0 Å². The largest absolute Gasteiger partial charge is 0.354 e. The summed E-state index contributed by atoms with van der Waals surface area (Å²) >= 11 is 0.891. The lowest BCUT2D eigenvalue weighted by Gasteiger charge is -2.13. The minimum absolute atomic E-state index is 0.0597. The Bertz CT molecular complexity index is 1000. The zero-order valence-corrected chi connectivity index (χ0v) is 18.1. The highest BCUT2D eigenvalue weighted by atomic mass is 32.2. The number of amides is 3. The molecule has 1 fully saturated rings. The van der Waals surface area contributed by atoms with Gasteiger partial charge in [0.05, 0.1) is 4.91 Å². The number of benzene rings is 2. The monoisotopic (exact) mass is 436 g/mol. The van der Waals surface area contributed by atoms with Crippen molar-refractivity contribution < 1.29 is 19.2 Å². The summed E-state index contributed by atoms with van der Waals surface area (Å²) in [5.41, 5.74) is 2.59. The molecule has 0 aliphatic carbocycles. The highest BCUT2D eigenvalue weighted by Gasteiger charge is 2.34. The summed E-state index contributed by atoms with van der Waals surface area (Å²) in [6.07, 6.45) is 2.76. The number of rotatable bonds is 9. The quantitative estimate of drug-likeness (QED) is 0.473. The van der Waals surface area contributed by atoms with E-state index in [1.54, 1.807) is 18.2 Å². The van der Waals surface area contributed by atoms with Gasteiger partial charge in [0.15, 0.2) is 5.78 Å². The van der Waals surface area contributed by atoms with E-state index < -0.39 is 0 Å². The van der Waals surface area contributed by atoms with Crippen LogP contribution in [0.1, 0.15) is 41.3 Å². The molecule has 1 aliphatic rings. The zero-order chi connectivity index (χ0) is 22.2.